The second kappa shape index (κ2) is 5.80. The lowest BCUT2D eigenvalue weighted by molar-refractivity contribution is -0.350. The van der Waals surface area contributed by atoms with Crippen LogP contribution in [0.15, 0.2) is 48.5 Å². The van der Waals surface area contributed by atoms with Gasteiger partial charge in [-0.2, -0.15) is 8.78 Å². The van der Waals surface area contributed by atoms with Crippen molar-refractivity contribution in [3.8, 4) is 11.5 Å². The van der Waals surface area contributed by atoms with Gasteiger partial charge >= 0.3 is 6.11 Å². The summed E-state index contributed by atoms with van der Waals surface area (Å²) in [5.74, 6) is -3.46. The van der Waals surface area contributed by atoms with Gasteiger partial charge in [0.2, 0.25) is 0 Å². The van der Waals surface area contributed by atoms with E-state index in [-0.39, 0.29) is 11.3 Å². The minimum Gasteiger partial charge on any atom is -0.541 e. The van der Waals surface area contributed by atoms with Crippen LogP contribution in [0.25, 0.3) is 0 Å². The number of aliphatic carboxylic acids is 1. The highest BCUT2D eigenvalue weighted by Gasteiger charge is 2.33. The van der Waals surface area contributed by atoms with E-state index in [1.54, 1.807) is 0 Å². The van der Waals surface area contributed by atoms with E-state index in [2.05, 4.69) is 4.74 Å². The van der Waals surface area contributed by atoms with E-state index < -0.39 is 23.6 Å². The molecule has 0 amide bonds. The van der Waals surface area contributed by atoms with E-state index >= 15 is 0 Å². The van der Waals surface area contributed by atoms with Crippen molar-refractivity contribution in [2.45, 2.75) is 6.11 Å². The third kappa shape index (κ3) is 3.38. The summed E-state index contributed by atoms with van der Waals surface area (Å²) in [6, 6.07) is 10.0. The fourth-order valence-corrected chi connectivity index (χ4v) is 1.64. The largest absolute Gasteiger partial charge is 0.541 e. The van der Waals surface area contributed by atoms with Gasteiger partial charge in [0, 0.05) is 11.1 Å². The molecule has 2 rings (SSSR count). The lowest BCUT2D eigenvalue weighted by Crippen LogP contribution is -2.45. The Hall–Kier alpha value is -2.96. The zero-order valence-corrected chi connectivity index (χ0v) is 11.0. The Morgan fingerprint density at radius 1 is 0.955 bits per heavy atom. The standard InChI is InChI=1S/C15H10F2O5/c16-15(17,14(20)21)22-12-7-3-10(4-8-12)13(19)9-1-5-11(18)6-2-9/h1-8,18H,(H,20,21)/p-1. The second-order valence-corrected chi connectivity index (χ2v) is 4.31. The topological polar surface area (TPSA) is 86.7 Å². The molecule has 0 unspecified atom stereocenters. The number of ether oxygens (including phenoxy) is 1. The van der Waals surface area contributed by atoms with Gasteiger partial charge in [-0.3, -0.25) is 4.79 Å². The van der Waals surface area contributed by atoms with Crippen molar-refractivity contribution < 1.29 is 33.3 Å². The molecule has 0 saturated carbocycles. The Kier molecular flexibility index (Phi) is 4.07. The predicted molar refractivity (Wildman–Crippen MR) is 68.6 cm³/mol. The molecule has 0 aliphatic carbocycles. The highest BCUT2D eigenvalue weighted by Crippen LogP contribution is 2.22. The highest BCUT2D eigenvalue weighted by atomic mass is 19.3. The lowest BCUT2D eigenvalue weighted by Gasteiger charge is -2.18. The minimum absolute atomic E-state index is 0.00445. The quantitative estimate of drug-likeness (QED) is 0.842. The Morgan fingerprint density at radius 2 is 1.41 bits per heavy atom. The van der Waals surface area contributed by atoms with Crippen LogP contribution in [-0.2, 0) is 4.79 Å². The molecule has 0 fully saturated rings. The molecule has 7 heteroatoms. The van der Waals surface area contributed by atoms with Crippen molar-refractivity contribution in [2.24, 2.45) is 0 Å². The van der Waals surface area contributed by atoms with Crippen LogP contribution in [0.5, 0.6) is 11.5 Å². The molecule has 0 saturated heterocycles. The number of carbonyl (C=O) groups excluding carboxylic acids is 2. The number of phenols is 1. The summed E-state index contributed by atoms with van der Waals surface area (Å²) < 4.78 is 29.6. The van der Waals surface area contributed by atoms with Gasteiger partial charge in [-0.15, -0.1) is 0 Å². The van der Waals surface area contributed by atoms with Crippen LogP contribution >= 0.6 is 0 Å². The number of hydrogen-bond donors (Lipinski definition) is 1. The first-order valence-electron chi connectivity index (χ1n) is 6.01. The molecular weight excluding hydrogens is 298 g/mol. The summed E-state index contributed by atoms with van der Waals surface area (Å²) in [5, 5.41) is 19.3. The van der Waals surface area contributed by atoms with E-state index in [4.69, 9.17) is 5.11 Å². The number of carbonyl (C=O) groups is 2. The monoisotopic (exact) mass is 307 g/mol. The summed E-state index contributed by atoms with van der Waals surface area (Å²) >= 11 is 0. The fourth-order valence-electron chi connectivity index (χ4n) is 1.64. The third-order valence-electron chi connectivity index (χ3n) is 2.73. The maximum absolute atomic E-state index is 12.8. The second-order valence-electron chi connectivity index (χ2n) is 4.31. The molecule has 1 N–H and O–H groups in total. The van der Waals surface area contributed by atoms with E-state index in [9.17, 15) is 23.5 Å². The van der Waals surface area contributed by atoms with Crippen molar-refractivity contribution in [1.82, 2.24) is 0 Å². The zero-order valence-electron chi connectivity index (χ0n) is 11.0. The molecule has 0 aliphatic rings. The summed E-state index contributed by atoms with van der Waals surface area (Å²) in [6.45, 7) is 0. The number of alkyl halides is 2. The fraction of sp³-hybridized carbons (Fsp3) is 0.0667. The summed E-state index contributed by atoms with van der Waals surface area (Å²) in [7, 11) is 0. The molecule has 0 aromatic heterocycles. The number of rotatable bonds is 5. The first kappa shape index (κ1) is 15.4. The predicted octanol–water partition coefficient (Wildman–Crippen LogP) is 1.34. The van der Waals surface area contributed by atoms with Crippen LogP contribution in [0, 0.1) is 0 Å². The summed E-state index contributed by atoms with van der Waals surface area (Å²) in [4.78, 5) is 22.2. The Balaban J connectivity index is 2.16. The van der Waals surface area contributed by atoms with Gasteiger partial charge in [-0.1, -0.05) is 0 Å². The Labute approximate surface area is 123 Å². The average Bonchev–Trinajstić information content (AvgIpc) is 2.47. The number of phenolic OH excluding ortho intramolecular Hbond substituents is 1. The van der Waals surface area contributed by atoms with Crippen molar-refractivity contribution in [2.75, 3.05) is 0 Å². The molecule has 22 heavy (non-hydrogen) atoms. The average molecular weight is 307 g/mol. The number of aromatic hydroxyl groups is 1. The maximum Gasteiger partial charge on any atom is 0.441 e. The molecule has 2 aromatic carbocycles. The van der Waals surface area contributed by atoms with Crippen LogP contribution in [0.4, 0.5) is 8.78 Å². The first-order valence-corrected chi connectivity index (χ1v) is 6.01. The molecule has 0 aliphatic heterocycles. The van der Waals surface area contributed by atoms with Gasteiger partial charge in [0.1, 0.15) is 11.5 Å². The maximum atomic E-state index is 12.8. The van der Waals surface area contributed by atoms with Gasteiger partial charge < -0.3 is 19.7 Å². The van der Waals surface area contributed by atoms with E-state index in [1.165, 1.54) is 36.4 Å². The third-order valence-corrected chi connectivity index (χ3v) is 2.73. The van der Waals surface area contributed by atoms with Gasteiger partial charge in [-0.05, 0) is 48.5 Å². The molecule has 0 heterocycles. The van der Waals surface area contributed by atoms with Crippen LogP contribution in [0.2, 0.25) is 0 Å². The van der Waals surface area contributed by atoms with Crippen LogP contribution in [-0.4, -0.2) is 23.0 Å². The van der Waals surface area contributed by atoms with Crippen molar-refractivity contribution in [1.29, 1.82) is 0 Å². The summed E-state index contributed by atoms with van der Waals surface area (Å²) in [5.41, 5.74) is 0.487. The van der Waals surface area contributed by atoms with Crippen LogP contribution in [0.3, 0.4) is 0 Å². The van der Waals surface area contributed by atoms with E-state index in [0.717, 1.165) is 12.1 Å². The van der Waals surface area contributed by atoms with E-state index in [0.29, 0.717) is 5.56 Å². The number of halogens is 2. The first-order chi connectivity index (χ1) is 10.3. The smallest absolute Gasteiger partial charge is 0.441 e. The summed E-state index contributed by atoms with van der Waals surface area (Å²) in [6.07, 6.45) is -4.46. The number of benzene rings is 2. The lowest BCUT2D eigenvalue weighted by atomic mass is 10.0. The number of hydrogen-bond acceptors (Lipinski definition) is 5. The van der Waals surface area contributed by atoms with E-state index in [1.807, 2.05) is 0 Å². The molecular formula is C15H9F2O5-. The normalized spacial score (nSPS) is 11.0. The molecule has 2 aromatic rings. The molecule has 0 spiro atoms. The molecule has 0 bridgehead atoms. The van der Waals surface area contributed by atoms with Crippen molar-refractivity contribution in [3.63, 3.8) is 0 Å². The SMILES string of the molecule is O=C(c1ccc(O)cc1)c1ccc(OC(F)(F)C(=O)[O-])cc1. The minimum atomic E-state index is -4.46. The van der Waals surface area contributed by atoms with Gasteiger partial charge in [0.05, 0.1) is 0 Å². The highest BCUT2D eigenvalue weighted by molar-refractivity contribution is 6.09. The molecule has 0 radical (unpaired) electrons. The number of carboxylic acid groups (broad SMARTS) is 1. The number of carboxylic acids is 1. The van der Waals surface area contributed by atoms with Crippen LogP contribution in [0.1, 0.15) is 15.9 Å². The molecule has 0 atom stereocenters. The van der Waals surface area contributed by atoms with Gasteiger partial charge in [-0.25, -0.2) is 0 Å². The Morgan fingerprint density at radius 3 is 1.86 bits per heavy atom. The molecule has 5 nitrogen and oxygen atoms in total. The van der Waals surface area contributed by atoms with Crippen molar-refractivity contribution >= 4 is 11.8 Å². The van der Waals surface area contributed by atoms with Gasteiger partial charge in [0.25, 0.3) is 0 Å². The van der Waals surface area contributed by atoms with Crippen LogP contribution < -0.4 is 9.84 Å². The zero-order chi connectivity index (χ0) is 16.3. The Bertz CT molecular complexity index is 693. The van der Waals surface area contributed by atoms with Gasteiger partial charge in [0.15, 0.2) is 11.8 Å². The number of ketones is 1. The van der Waals surface area contributed by atoms with Crippen molar-refractivity contribution in [3.05, 3.63) is 59.7 Å². The molecule has 114 valence electrons.